The molecule has 0 rings (SSSR count). The van der Waals surface area contributed by atoms with Crippen LogP contribution in [0.4, 0.5) is 0 Å². The van der Waals surface area contributed by atoms with Crippen molar-refractivity contribution in [1.82, 2.24) is 0 Å². The topological polar surface area (TPSA) is 46.5 Å². The minimum Gasteiger partial charge on any atom is -0.464 e. The standard InChI is InChI=1S/C21H38O3/c1-3-5-7-9-11-13-15-17-19-24-21(23)20(22)18-16-14-12-10-8-6-4-2/h3-4,20,22H,1-2,5-19H2. The summed E-state index contributed by atoms with van der Waals surface area (Å²) in [4.78, 5) is 11.7. The maximum atomic E-state index is 11.7. The summed E-state index contributed by atoms with van der Waals surface area (Å²) >= 11 is 0. The van der Waals surface area contributed by atoms with Gasteiger partial charge < -0.3 is 9.84 Å². The Morgan fingerprint density at radius 1 is 0.792 bits per heavy atom. The van der Waals surface area contributed by atoms with Crippen LogP contribution in [0.2, 0.25) is 0 Å². The van der Waals surface area contributed by atoms with Gasteiger partial charge in [-0.2, -0.15) is 0 Å². The molecule has 0 amide bonds. The molecule has 0 aromatic carbocycles. The van der Waals surface area contributed by atoms with E-state index in [1.54, 1.807) is 0 Å². The zero-order valence-corrected chi connectivity index (χ0v) is 15.5. The fourth-order valence-electron chi connectivity index (χ4n) is 2.64. The molecule has 3 nitrogen and oxygen atoms in total. The molecular formula is C21H38O3. The molecule has 140 valence electrons. The Morgan fingerprint density at radius 3 is 1.79 bits per heavy atom. The van der Waals surface area contributed by atoms with Crippen LogP contribution < -0.4 is 0 Å². The Bertz CT molecular complexity index is 312. The first kappa shape index (κ1) is 22.9. The van der Waals surface area contributed by atoms with Crippen LogP contribution in [-0.2, 0) is 9.53 Å². The molecule has 0 aliphatic heterocycles. The van der Waals surface area contributed by atoms with Crippen LogP contribution in [0.15, 0.2) is 25.3 Å². The van der Waals surface area contributed by atoms with Crippen LogP contribution in [-0.4, -0.2) is 23.8 Å². The second kappa shape index (κ2) is 18.3. The zero-order valence-electron chi connectivity index (χ0n) is 15.5. The minimum absolute atomic E-state index is 0.435. The van der Waals surface area contributed by atoms with Crippen molar-refractivity contribution >= 4 is 5.97 Å². The predicted octanol–water partition coefficient (Wildman–Crippen LogP) is 5.72. The molecular weight excluding hydrogens is 300 g/mol. The van der Waals surface area contributed by atoms with E-state index in [1.807, 2.05) is 12.2 Å². The number of rotatable bonds is 18. The van der Waals surface area contributed by atoms with Crippen LogP contribution >= 0.6 is 0 Å². The number of allylic oxidation sites excluding steroid dienone is 2. The lowest BCUT2D eigenvalue weighted by Crippen LogP contribution is -2.23. The fourth-order valence-corrected chi connectivity index (χ4v) is 2.64. The number of ether oxygens (including phenoxy) is 1. The van der Waals surface area contributed by atoms with E-state index in [1.165, 1.54) is 38.5 Å². The summed E-state index contributed by atoms with van der Waals surface area (Å²) in [5, 5.41) is 9.79. The lowest BCUT2D eigenvalue weighted by atomic mass is 10.1. The van der Waals surface area contributed by atoms with Crippen LogP contribution in [0.1, 0.15) is 89.9 Å². The molecule has 0 aliphatic rings. The van der Waals surface area contributed by atoms with Gasteiger partial charge in [0.15, 0.2) is 6.10 Å². The van der Waals surface area contributed by atoms with Gasteiger partial charge in [0.25, 0.3) is 0 Å². The van der Waals surface area contributed by atoms with Gasteiger partial charge in [-0.05, 0) is 38.5 Å². The lowest BCUT2D eigenvalue weighted by molar-refractivity contribution is -0.154. The predicted molar refractivity (Wildman–Crippen MR) is 102 cm³/mol. The molecule has 0 aromatic rings. The largest absolute Gasteiger partial charge is 0.464 e. The van der Waals surface area contributed by atoms with Crippen LogP contribution in [0, 0.1) is 0 Å². The van der Waals surface area contributed by atoms with Gasteiger partial charge in [-0.15, -0.1) is 13.2 Å². The van der Waals surface area contributed by atoms with Crippen molar-refractivity contribution in [3.05, 3.63) is 25.3 Å². The summed E-state index contributed by atoms with van der Waals surface area (Å²) in [6, 6.07) is 0. The van der Waals surface area contributed by atoms with Crippen LogP contribution in [0.3, 0.4) is 0 Å². The van der Waals surface area contributed by atoms with Crippen molar-refractivity contribution in [3.8, 4) is 0 Å². The number of aliphatic hydroxyl groups excluding tert-OH is 1. The normalized spacial score (nSPS) is 11.9. The summed E-state index contributed by atoms with van der Waals surface area (Å²) in [5.41, 5.74) is 0. The molecule has 0 heterocycles. The van der Waals surface area contributed by atoms with Crippen molar-refractivity contribution in [3.63, 3.8) is 0 Å². The Morgan fingerprint density at radius 2 is 1.25 bits per heavy atom. The summed E-state index contributed by atoms with van der Waals surface area (Å²) in [7, 11) is 0. The molecule has 0 fully saturated rings. The third-order valence-corrected chi connectivity index (χ3v) is 4.20. The van der Waals surface area contributed by atoms with Gasteiger partial charge in [-0.3, -0.25) is 0 Å². The average molecular weight is 339 g/mol. The molecule has 0 aliphatic carbocycles. The molecule has 0 spiro atoms. The number of hydrogen-bond donors (Lipinski definition) is 1. The van der Waals surface area contributed by atoms with E-state index in [-0.39, 0.29) is 0 Å². The van der Waals surface area contributed by atoms with Gasteiger partial charge in [0.05, 0.1) is 6.61 Å². The third kappa shape index (κ3) is 15.8. The van der Waals surface area contributed by atoms with Gasteiger partial charge >= 0.3 is 5.97 Å². The Labute approximate surface area is 149 Å². The van der Waals surface area contributed by atoms with Crippen LogP contribution in [0.25, 0.3) is 0 Å². The SMILES string of the molecule is C=CCCCCCCCCOC(=O)C(O)CCCCCCCC=C. The summed E-state index contributed by atoms with van der Waals surface area (Å²) in [5.74, 6) is -0.451. The summed E-state index contributed by atoms with van der Waals surface area (Å²) in [6.45, 7) is 7.86. The Balaban J connectivity index is 3.36. The van der Waals surface area contributed by atoms with E-state index < -0.39 is 12.1 Å². The van der Waals surface area contributed by atoms with Crippen LogP contribution in [0.5, 0.6) is 0 Å². The second-order valence-corrected chi connectivity index (χ2v) is 6.52. The van der Waals surface area contributed by atoms with E-state index in [9.17, 15) is 9.90 Å². The molecule has 24 heavy (non-hydrogen) atoms. The minimum atomic E-state index is -0.947. The van der Waals surface area contributed by atoms with Crippen molar-refractivity contribution < 1.29 is 14.6 Å². The highest BCUT2D eigenvalue weighted by Gasteiger charge is 2.15. The van der Waals surface area contributed by atoms with E-state index in [4.69, 9.17) is 4.74 Å². The highest BCUT2D eigenvalue weighted by atomic mass is 16.5. The number of esters is 1. The molecule has 1 unspecified atom stereocenters. The van der Waals surface area contributed by atoms with Crippen molar-refractivity contribution in [1.29, 1.82) is 0 Å². The quantitative estimate of drug-likeness (QED) is 0.197. The molecule has 1 atom stereocenters. The smallest absolute Gasteiger partial charge is 0.334 e. The summed E-state index contributed by atoms with van der Waals surface area (Å²) in [6.07, 6.45) is 18.0. The Hall–Kier alpha value is -1.09. The molecule has 0 saturated heterocycles. The number of aliphatic hydroxyl groups is 1. The first-order valence-corrected chi connectivity index (χ1v) is 9.79. The van der Waals surface area contributed by atoms with Gasteiger partial charge in [-0.25, -0.2) is 4.79 Å². The van der Waals surface area contributed by atoms with E-state index in [0.717, 1.165) is 44.9 Å². The maximum absolute atomic E-state index is 11.7. The van der Waals surface area contributed by atoms with Crippen molar-refractivity contribution in [2.45, 2.75) is 96.0 Å². The Kier molecular flexibility index (Phi) is 17.4. The fraction of sp³-hybridized carbons (Fsp3) is 0.762. The van der Waals surface area contributed by atoms with Crippen molar-refractivity contribution in [2.24, 2.45) is 0 Å². The maximum Gasteiger partial charge on any atom is 0.334 e. The number of unbranched alkanes of at least 4 members (excludes halogenated alkanes) is 11. The number of hydrogen-bond acceptors (Lipinski definition) is 3. The van der Waals surface area contributed by atoms with Gasteiger partial charge in [0, 0.05) is 0 Å². The third-order valence-electron chi connectivity index (χ3n) is 4.20. The number of carbonyl (C=O) groups is 1. The second-order valence-electron chi connectivity index (χ2n) is 6.52. The average Bonchev–Trinajstić information content (AvgIpc) is 2.59. The molecule has 0 aromatic heterocycles. The highest BCUT2D eigenvalue weighted by Crippen LogP contribution is 2.11. The summed E-state index contributed by atoms with van der Waals surface area (Å²) < 4.78 is 5.15. The first-order chi connectivity index (χ1) is 11.7. The van der Waals surface area contributed by atoms with Gasteiger partial charge in [-0.1, -0.05) is 63.5 Å². The molecule has 0 saturated carbocycles. The monoisotopic (exact) mass is 338 g/mol. The van der Waals surface area contributed by atoms with Crippen molar-refractivity contribution in [2.75, 3.05) is 6.61 Å². The molecule has 1 N–H and O–H groups in total. The molecule has 0 bridgehead atoms. The highest BCUT2D eigenvalue weighted by molar-refractivity contribution is 5.74. The number of carbonyl (C=O) groups excluding carboxylic acids is 1. The zero-order chi connectivity index (χ0) is 17.9. The van der Waals surface area contributed by atoms with E-state index >= 15 is 0 Å². The van der Waals surface area contributed by atoms with E-state index in [2.05, 4.69) is 13.2 Å². The first-order valence-electron chi connectivity index (χ1n) is 9.79. The van der Waals surface area contributed by atoms with E-state index in [0.29, 0.717) is 13.0 Å². The molecule has 0 radical (unpaired) electrons. The van der Waals surface area contributed by atoms with Gasteiger partial charge in [0.2, 0.25) is 0 Å². The lowest BCUT2D eigenvalue weighted by Gasteiger charge is -2.10. The van der Waals surface area contributed by atoms with Gasteiger partial charge in [0.1, 0.15) is 0 Å². The molecule has 3 heteroatoms.